The van der Waals surface area contributed by atoms with E-state index in [0.29, 0.717) is 47.5 Å². The monoisotopic (exact) mass is 1630 g/mol. The Morgan fingerprint density at radius 2 is 1.07 bits per heavy atom. The van der Waals surface area contributed by atoms with Crippen molar-refractivity contribution < 1.29 is 28.8 Å². The largest absolute Gasteiger partial charge is 0.464 e. The zero-order valence-electron chi connectivity index (χ0n) is 69.0. The van der Waals surface area contributed by atoms with Crippen molar-refractivity contribution in [2.75, 3.05) is 16.0 Å². The van der Waals surface area contributed by atoms with Gasteiger partial charge in [0.05, 0.1) is 54.7 Å². The summed E-state index contributed by atoms with van der Waals surface area (Å²) < 4.78 is 19.6. The van der Waals surface area contributed by atoms with Crippen LogP contribution in [0.15, 0.2) is 278 Å². The van der Waals surface area contributed by atoms with E-state index >= 15 is 0 Å². The maximum absolute atomic E-state index is 13.3. The number of aromatic nitrogens is 1. The minimum absolute atomic E-state index is 0.112. The topological polar surface area (TPSA) is 246 Å². The third kappa shape index (κ3) is 15.2. The zero-order valence-corrected chi connectivity index (χ0v) is 69.0. The molecule has 3 fully saturated rings. The van der Waals surface area contributed by atoms with Crippen LogP contribution in [-0.2, 0) is 0 Å². The van der Waals surface area contributed by atoms with Crippen LogP contribution in [0.25, 0.3) is 27.9 Å². The predicted octanol–water partition coefficient (Wildman–Crippen LogP) is 25.6. The summed E-state index contributed by atoms with van der Waals surface area (Å²) in [5, 5.41) is 63.3. The van der Waals surface area contributed by atoms with Crippen molar-refractivity contribution in [3.63, 3.8) is 0 Å². The van der Waals surface area contributed by atoms with Gasteiger partial charge in [-0.05, 0) is 232 Å². The van der Waals surface area contributed by atoms with Gasteiger partial charge in [-0.25, -0.2) is 14.4 Å². The second-order valence-corrected chi connectivity index (χ2v) is 34.8. The Labute approximate surface area is 712 Å². The number of halogens is 1. The summed E-state index contributed by atoms with van der Waals surface area (Å²) in [6.07, 6.45) is 18.5. The van der Waals surface area contributed by atoms with E-state index in [1.165, 1.54) is 105 Å². The van der Waals surface area contributed by atoms with Gasteiger partial charge in [-0.15, -0.1) is 0 Å². The summed E-state index contributed by atoms with van der Waals surface area (Å²) in [5.74, 6) is 5.02. The molecule has 123 heavy (non-hydrogen) atoms. The van der Waals surface area contributed by atoms with Gasteiger partial charge in [0.1, 0.15) is 11.6 Å². The van der Waals surface area contributed by atoms with Crippen molar-refractivity contribution in [1.29, 1.82) is 0 Å². The summed E-state index contributed by atoms with van der Waals surface area (Å²) in [7, 11) is 0. The highest BCUT2D eigenvalue weighted by atomic mass is 19.1. The fourth-order valence-electron chi connectivity index (χ4n) is 21.6. The van der Waals surface area contributed by atoms with Crippen LogP contribution in [0.5, 0.6) is 5.75 Å². The molecule has 0 amide bonds. The highest BCUT2D eigenvalue weighted by molar-refractivity contribution is 6.02. The number of ether oxygens (including phenoxy) is 1. The van der Waals surface area contributed by atoms with Crippen LogP contribution < -0.4 is 20.7 Å². The van der Waals surface area contributed by atoms with Crippen LogP contribution in [0.3, 0.4) is 0 Å². The number of benzene rings is 11. The lowest BCUT2D eigenvalue weighted by molar-refractivity contribution is -0.385. The van der Waals surface area contributed by atoms with E-state index in [-0.39, 0.29) is 72.5 Å². The predicted molar refractivity (Wildman–Crippen MR) is 481 cm³/mol. The number of nitro groups is 4. The molecule has 12 aromatic rings. The van der Waals surface area contributed by atoms with E-state index in [1.54, 1.807) is 60.7 Å². The number of fused-ring (bicyclic) bond motifs is 23. The summed E-state index contributed by atoms with van der Waals surface area (Å²) in [4.78, 5) is 48.3. The molecule has 3 saturated carbocycles. The number of hydrogen-bond acceptors (Lipinski definition) is 15. The number of allylic oxidation sites excluding steroid dienone is 4. The number of para-hydroxylation sites is 1. The number of aryl methyl sites for hydroxylation is 5. The normalized spacial score (nSPS) is 23.3. The first-order chi connectivity index (χ1) is 59.7. The molecule has 1 aromatic heterocycles. The number of rotatable bonds is 10. The van der Waals surface area contributed by atoms with Gasteiger partial charge in [-0.2, -0.15) is 5.10 Å². The van der Waals surface area contributed by atoms with Crippen molar-refractivity contribution in [3.8, 4) is 17.0 Å². The molecule has 4 bridgehead atoms. The maximum Gasteiger partial charge on any atom is 0.270 e. The van der Waals surface area contributed by atoms with Gasteiger partial charge in [0.25, 0.3) is 22.7 Å². The van der Waals surface area contributed by atoms with Crippen molar-refractivity contribution >= 4 is 62.1 Å². The van der Waals surface area contributed by atoms with Crippen molar-refractivity contribution in [3.05, 3.63) is 408 Å². The molecular weight excluding hydrogens is 1540 g/mol. The first kappa shape index (κ1) is 79.1. The molecule has 13 atom stereocenters. The Bertz CT molecular complexity index is 6360. The van der Waals surface area contributed by atoms with Crippen LogP contribution >= 0.6 is 0 Å². The molecular formula is C103H93FN10O9. The Morgan fingerprint density at radius 1 is 0.480 bits per heavy atom. The van der Waals surface area contributed by atoms with Crippen LogP contribution in [0.2, 0.25) is 0 Å². The van der Waals surface area contributed by atoms with E-state index in [9.17, 15) is 44.8 Å². The third-order valence-electron chi connectivity index (χ3n) is 27.2. The highest BCUT2D eigenvalue weighted by Gasteiger charge is 2.54. The molecule has 0 radical (unpaired) electrons. The average molecular weight is 1630 g/mol. The lowest BCUT2D eigenvalue weighted by Gasteiger charge is -2.43. The van der Waals surface area contributed by atoms with Crippen molar-refractivity contribution in [2.24, 2.45) is 28.8 Å². The lowest BCUT2D eigenvalue weighted by atomic mass is 9.68. The smallest absolute Gasteiger partial charge is 0.270 e. The van der Waals surface area contributed by atoms with Gasteiger partial charge in [0.15, 0.2) is 0 Å². The second kappa shape index (κ2) is 32.7. The van der Waals surface area contributed by atoms with Gasteiger partial charge in [0, 0.05) is 112 Å². The quantitative estimate of drug-likeness (QED) is 0.0655. The fraction of sp³-hybridized carbons (Fsp3) is 0.262. The maximum atomic E-state index is 13.3. The van der Waals surface area contributed by atoms with E-state index in [1.807, 2.05) is 47.5 Å². The molecule has 0 saturated heterocycles. The zero-order chi connectivity index (χ0) is 84.6. The number of hydrogen-bond donors (Lipinski definition) is 3. The minimum atomic E-state index is -0.332. The van der Waals surface area contributed by atoms with Gasteiger partial charge < -0.3 is 20.7 Å². The average Bonchev–Trinajstić information content (AvgIpc) is 1.58. The Hall–Kier alpha value is -13.8. The van der Waals surface area contributed by atoms with Gasteiger partial charge in [-0.1, -0.05) is 198 Å². The number of non-ortho nitro benzene ring substituents is 4. The first-order valence-electron chi connectivity index (χ1n) is 42.7. The summed E-state index contributed by atoms with van der Waals surface area (Å²) in [6.45, 7) is 10.5. The van der Waals surface area contributed by atoms with Gasteiger partial charge in [0.2, 0.25) is 6.23 Å². The van der Waals surface area contributed by atoms with Gasteiger partial charge >= 0.3 is 0 Å². The van der Waals surface area contributed by atoms with E-state index in [0.717, 1.165) is 121 Å². The molecule has 0 spiro atoms. The molecule has 6 aliphatic carbocycles. The molecule has 23 rings (SSSR count). The van der Waals surface area contributed by atoms with Gasteiger partial charge in [-0.3, -0.25) is 40.5 Å². The third-order valence-corrected chi connectivity index (χ3v) is 27.2. The summed E-state index contributed by atoms with van der Waals surface area (Å²) in [5.41, 5.74) is 29.2. The van der Waals surface area contributed by atoms with E-state index in [4.69, 9.17) is 14.8 Å². The molecule has 3 N–H and O–H groups in total. The number of nitrogens with one attached hydrogen (secondary N) is 3. The molecule has 19 nitrogen and oxygen atoms in total. The molecule has 5 aliphatic heterocycles. The summed E-state index contributed by atoms with van der Waals surface area (Å²) in [6, 6.07) is 78.7. The molecule has 616 valence electrons. The van der Waals surface area contributed by atoms with E-state index < -0.39 is 0 Å². The Kier molecular flexibility index (Phi) is 21.0. The molecule has 20 heteroatoms. The SMILES string of the molecule is Cc1ccc(C2=C3C=CCC3c3cc([N+](=O)[O-])ccc3N2)cc1.Cc1ccc(C2Oc3ccccc3C3CC(c4ccc(F)cc4)=NN32)cc1.Cc1cccc(-c2nc3ccc([N+](=O)[O-])cc3c3c2[C@H]2CC[C@@H]3C2)c1.Cc1cccc(C2Nc3ccc([N+](=O)[O-])cc3C3C2[C@H]2CC[C@@H]3C2)c1.Cc1cccc(C2Nc3ccc([N+](=O)[O-])cc3C3CC=CC32)c1. The number of nitrogens with zero attached hydrogens (tertiary/aromatic N) is 7. The molecule has 6 heterocycles. The number of pyridine rings is 1. The minimum Gasteiger partial charge on any atom is -0.464 e. The van der Waals surface area contributed by atoms with Crippen molar-refractivity contribution in [1.82, 2.24) is 9.99 Å². The summed E-state index contributed by atoms with van der Waals surface area (Å²) >= 11 is 0. The number of anilines is 3. The van der Waals surface area contributed by atoms with E-state index in [2.05, 4.69) is 202 Å². The lowest BCUT2D eigenvalue weighted by Crippen LogP contribution is -2.35. The second-order valence-electron chi connectivity index (χ2n) is 34.8. The standard InChI is InChI=1S/C23H19FN2O.C21H22N2O2.C21H18N2O2.C19H18N2O2.C19H16N2O2/c1-15-6-8-17(9-7-15)23-26-21(19-4-2-3-5-22(19)27-23)14-20(25-26)16-10-12-18(24)13-11-16;2*1-12-3-2-4-15(9-12)21-20-14-6-5-13(10-14)19(20)17-11-16(23(24)25)7-8-18(17)22-21;1-12-4-2-5-13(10-12)19-16-7-3-6-15(16)17-11-14(21(22)23)8-9-18(17)20-19;1-12-5-7-13(8-6-12)19-16-4-2-3-15(16)17-11-14(21(22)23)9-10-18(17)20-19/h2-13,21,23H,14H2,1H3;2-4,7-9,11,13-14,19-22H,5-6,10H2,1H3;2-4,7-9,11,13-14H,5-6,10H2,1H3;2-5,7-11,15-16,19-20H,6H2,1H3;2,4-11,15,20H,3H2,1H3/t;13-,14+,19?,20?,21?;13-,14+;;/m.11../s1. The number of nitro benzene ring substituents is 4. The van der Waals surface area contributed by atoms with Crippen LogP contribution in [-0.4, -0.2) is 35.4 Å². The highest BCUT2D eigenvalue weighted by Crippen LogP contribution is 2.65. The number of hydrazone groups is 1. The first-order valence-corrected chi connectivity index (χ1v) is 42.7. The van der Waals surface area contributed by atoms with Crippen LogP contribution in [0.1, 0.15) is 201 Å². The van der Waals surface area contributed by atoms with Crippen molar-refractivity contribution in [2.45, 2.75) is 146 Å². The Morgan fingerprint density at radius 3 is 1.75 bits per heavy atom. The molecule has 11 aromatic carbocycles. The molecule has 9 unspecified atom stereocenters. The van der Waals surface area contributed by atoms with Crippen LogP contribution in [0.4, 0.5) is 44.2 Å². The van der Waals surface area contributed by atoms with Crippen LogP contribution in [0, 0.1) is 105 Å². The Balaban J connectivity index is 0.000000101. The fourth-order valence-corrected chi connectivity index (χ4v) is 21.6. The molecule has 11 aliphatic rings.